The Labute approximate surface area is 76.7 Å². The number of fused-ring (bicyclic) bond motifs is 1. The fourth-order valence-electron chi connectivity index (χ4n) is 2.50. The van der Waals surface area contributed by atoms with Crippen LogP contribution in [0.25, 0.3) is 0 Å². The maximum atomic E-state index is 9.98. The average Bonchev–Trinajstić information content (AvgIpc) is 2.68. The third-order valence-corrected chi connectivity index (χ3v) is 3.35. The van der Waals surface area contributed by atoms with Gasteiger partial charge in [0.05, 0.1) is 19.3 Å². The minimum Gasteiger partial charge on any atom is -0.388 e. The molecular weight excluding hydrogens is 166 g/mol. The van der Waals surface area contributed by atoms with Crippen molar-refractivity contribution in [1.82, 2.24) is 4.98 Å². The molecule has 3 unspecified atom stereocenters. The summed E-state index contributed by atoms with van der Waals surface area (Å²) in [5.74, 6) is 1.68. The SMILES string of the molecule is OC(c1cc[nH]c1)C1C2COCC21. The molecule has 2 fully saturated rings. The van der Waals surface area contributed by atoms with E-state index in [9.17, 15) is 5.11 Å². The molecule has 1 saturated heterocycles. The van der Waals surface area contributed by atoms with Gasteiger partial charge in [-0.1, -0.05) is 0 Å². The number of ether oxygens (including phenoxy) is 1. The van der Waals surface area contributed by atoms with E-state index in [-0.39, 0.29) is 6.10 Å². The molecule has 1 aliphatic heterocycles. The molecule has 3 nitrogen and oxygen atoms in total. The second kappa shape index (κ2) is 2.59. The summed E-state index contributed by atoms with van der Waals surface area (Å²) in [5, 5.41) is 9.98. The summed E-state index contributed by atoms with van der Waals surface area (Å²) in [4.78, 5) is 2.97. The van der Waals surface area contributed by atoms with Crippen molar-refractivity contribution < 1.29 is 9.84 Å². The fraction of sp³-hybridized carbons (Fsp3) is 0.600. The van der Waals surface area contributed by atoms with Crippen LogP contribution < -0.4 is 0 Å². The van der Waals surface area contributed by atoms with Crippen LogP contribution in [0.1, 0.15) is 11.7 Å². The molecule has 1 aromatic rings. The third kappa shape index (κ3) is 1.04. The maximum Gasteiger partial charge on any atom is 0.0839 e. The van der Waals surface area contributed by atoms with Gasteiger partial charge in [-0.05, 0) is 29.4 Å². The van der Waals surface area contributed by atoms with E-state index in [1.165, 1.54) is 0 Å². The predicted molar refractivity (Wildman–Crippen MR) is 47.0 cm³/mol. The average molecular weight is 179 g/mol. The Hall–Kier alpha value is -0.800. The number of aliphatic hydroxyl groups is 1. The number of hydrogen-bond donors (Lipinski definition) is 2. The highest BCUT2D eigenvalue weighted by atomic mass is 16.5. The summed E-state index contributed by atoms with van der Waals surface area (Å²) in [6.07, 6.45) is 3.44. The van der Waals surface area contributed by atoms with Gasteiger partial charge in [-0.25, -0.2) is 0 Å². The molecule has 0 aromatic carbocycles. The lowest BCUT2D eigenvalue weighted by Gasteiger charge is -2.10. The van der Waals surface area contributed by atoms with Crippen LogP contribution in [-0.2, 0) is 4.74 Å². The van der Waals surface area contributed by atoms with Gasteiger partial charge in [0.1, 0.15) is 0 Å². The van der Waals surface area contributed by atoms with Gasteiger partial charge in [-0.15, -0.1) is 0 Å². The number of hydrogen-bond acceptors (Lipinski definition) is 2. The van der Waals surface area contributed by atoms with Crippen LogP contribution in [0.15, 0.2) is 18.5 Å². The first kappa shape index (κ1) is 7.59. The largest absolute Gasteiger partial charge is 0.388 e. The molecule has 0 radical (unpaired) electrons. The van der Waals surface area contributed by atoms with Crippen molar-refractivity contribution >= 4 is 0 Å². The van der Waals surface area contributed by atoms with Crippen LogP contribution in [-0.4, -0.2) is 23.3 Å². The van der Waals surface area contributed by atoms with E-state index in [0.29, 0.717) is 17.8 Å². The van der Waals surface area contributed by atoms with Gasteiger partial charge < -0.3 is 14.8 Å². The molecule has 13 heavy (non-hydrogen) atoms. The lowest BCUT2D eigenvalue weighted by molar-refractivity contribution is 0.0887. The molecule has 70 valence electrons. The summed E-state index contributed by atoms with van der Waals surface area (Å²) in [7, 11) is 0. The molecule has 0 amide bonds. The Morgan fingerprint density at radius 2 is 2.23 bits per heavy atom. The molecule has 2 heterocycles. The van der Waals surface area contributed by atoms with Crippen LogP contribution in [0.3, 0.4) is 0 Å². The van der Waals surface area contributed by atoms with Crippen molar-refractivity contribution in [3.63, 3.8) is 0 Å². The van der Waals surface area contributed by atoms with Gasteiger partial charge in [-0.3, -0.25) is 0 Å². The monoisotopic (exact) mass is 179 g/mol. The Kier molecular flexibility index (Phi) is 1.51. The summed E-state index contributed by atoms with van der Waals surface area (Å²) in [5.41, 5.74) is 1.01. The second-order valence-electron chi connectivity index (χ2n) is 4.03. The Morgan fingerprint density at radius 1 is 1.46 bits per heavy atom. The van der Waals surface area contributed by atoms with Crippen molar-refractivity contribution in [3.05, 3.63) is 24.0 Å². The molecule has 1 aromatic heterocycles. The van der Waals surface area contributed by atoms with E-state index in [1.54, 1.807) is 0 Å². The van der Waals surface area contributed by atoms with Crippen molar-refractivity contribution in [2.75, 3.05) is 13.2 Å². The highest BCUT2D eigenvalue weighted by Gasteiger charge is 2.57. The molecule has 2 N–H and O–H groups in total. The molecule has 2 aliphatic rings. The number of aromatic amines is 1. The summed E-state index contributed by atoms with van der Waals surface area (Å²) in [6, 6.07) is 1.94. The Morgan fingerprint density at radius 3 is 2.85 bits per heavy atom. The van der Waals surface area contributed by atoms with Crippen molar-refractivity contribution in [1.29, 1.82) is 0 Å². The topological polar surface area (TPSA) is 45.2 Å². The van der Waals surface area contributed by atoms with Crippen molar-refractivity contribution in [2.45, 2.75) is 6.10 Å². The fourth-order valence-corrected chi connectivity index (χ4v) is 2.50. The van der Waals surface area contributed by atoms with Gasteiger partial charge in [-0.2, -0.15) is 0 Å². The van der Waals surface area contributed by atoms with E-state index in [2.05, 4.69) is 4.98 Å². The molecule has 0 spiro atoms. The molecule has 3 atom stereocenters. The summed E-state index contributed by atoms with van der Waals surface area (Å²) in [6.45, 7) is 1.69. The van der Waals surface area contributed by atoms with Crippen molar-refractivity contribution in [2.24, 2.45) is 17.8 Å². The van der Waals surface area contributed by atoms with Crippen molar-refractivity contribution in [3.8, 4) is 0 Å². The van der Waals surface area contributed by atoms with Gasteiger partial charge in [0, 0.05) is 12.4 Å². The molecule has 3 rings (SSSR count). The highest BCUT2D eigenvalue weighted by Crippen LogP contribution is 2.56. The number of H-pyrrole nitrogens is 1. The first-order chi connectivity index (χ1) is 6.38. The first-order valence-corrected chi connectivity index (χ1v) is 4.76. The third-order valence-electron chi connectivity index (χ3n) is 3.35. The first-order valence-electron chi connectivity index (χ1n) is 4.76. The molecule has 1 saturated carbocycles. The smallest absolute Gasteiger partial charge is 0.0839 e. The van der Waals surface area contributed by atoms with Crippen LogP contribution in [0.2, 0.25) is 0 Å². The van der Waals surface area contributed by atoms with E-state index in [1.807, 2.05) is 18.5 Å². The van der Waals surface area contributed by atoms with Crippen LogP contribution in [0, 0.1) is 17.8 Å². The van der Waals surface area contributed by atoms with Crippen LogP contribution in [0.5, 0.6) is 0 Å². The van der Waals surface area contributed by atoms with E-state index in [4.69, 9.17) is 4.74 Å². The normalized spacial score (nSPS) is 38.7. The van der Waals surface area contributed by atoms with Crippen LogP contribution >= 0.6 is 0 Å². The van der Waals surface area contributed by atoms with E-state index in [0.717, 1.165) is 18.8 Å². The second-order valence-corrected chi connectivity index (χ2v) is 4.03. The predicted octanol–water partition coefficient (Wildman–Crippen LogP) is 0.940. The standard InChI is InChI=1S/C10H13NO2/c12-10(6-1-2-11-3-6)9-7-4-13-5-8(7)9/h1-3,7-12H,4-5H2. The number of rotatable bonds is 2. The van der Waals surface area contributed by atoms with E-state index < -0.39 is 0 Å². The lowest BCUT2D eigenvalue weighted by Crippen LogP contribution is -2.07. The quantitative estimate of drug-likeness (QED) is 0.709. The minimum absolute atomic E-state index is 0.287. The van der Waals surface area contributed by atoms with Gasteiger partial charge in [0.25, 0.3) is 0 Å². The zero-order valence-electron chi connectivity index (χ0n) is 7.31. The van der Waals surface area contributed by atoms with E-state index >= 15 is 0 Å². The molecular formula is C10H13NO2. The minimum atomic E-state index is -0.287. The number of nitrogens with one attached hydrogen (secondary N) is 1. The van der Waals surface area contributed by atoms with Gasteiger partial charge in [0.2, 0.25) is 0 Å². The summed E-state index contributed by atoms with van der Waals surface area (Å²) >= 11 is 0. The maximum absolute atomic E-state index is 9.98. The zero-order valence-corrected chi connectivity index (χ0v) is 7.31. The molecule has 0 bridgehead atoms. The molecule has 3 heteroatoms. The Balaban J connectivity index is 1.74. The number of aromatic nitrogens is 1. The highest BCUT2D eigenvalue weighted by molar-refractivity contribution is 5.18. The molecule has 1 aliphatic carbocycles. The lowest BCUT2D eigenvalue weighted by atomic mass is 10.1. The zero-order chi connectivity index (χ0) is 8.84. The van der Waals surface area contributed by atoms with Gasteiger partial charge >= 0.3 is 0 Å². The summed E-state index contributed by atoms with van der Waals surface area (Å²) < 4.78 is 5.29. The van der Waals surface area contributed by atoms with Gasteiger partial charge in [0.15, 0.2) is 0 Å². The number of aliphatic hydroxyl groups excluding tert-OH is 1. The van der Waals surface area contributed by atoms with Crippen LogP contribution in [0.4, 0.5) is 0 Å². The Bertz CT molecular complexity index is 286.